The second-order valence-electron chi connectivity index (χ2n) is 2.66. The molecule has 1 aromatic carbocycles. The zero-order valence-corrected chi connectivity index (χ0v) is 13.8. The van der Waals surface area contributed by atoms with E-state index in [0.717, 1.165) is 5.69 Å². The van der Waals surface area contributed by atoms with Gasteiger partial charge in [0.1, 0.15) is 0 Å². The van der Waals surface area contributed by atoms with Gasteiger partial charge in [0, 0.05) is 12.7 Å². The Balaban J connectivity index is 0.00000225. The van der Waals surface area contributed by atoms with Crippen molar-refractivity contribution in [1.82, 2.24) is 10.9 Å². The first-order valence-electron chi connectivity index (χ1n) is 4.19. The molecule has 0 aliphatic rings. The molecule has 0 unspecified atom stereocenters. The van der Waals surface area contributed by atoms with Gasteiger partial charge in [-0.2, -0.15) is 0 Å². The molecular weight excluding hydrogens is 269 g/mol. The molecule has 0 spiro atoms. The van der Waals surface area contributed by atoms with Gasteiger partial charge in [-0.05, 0) is 16.5 Å². The minimum atomic E-state index is -0.285. The third kappa shape index (κ3) is 5.04. The fraction of sp³-hybridized carbons (Fsp3) is 0.111. The first kappa shape index (κ1) is 16.2. The van der Waals surface area contributed by atoms with E-state index in [-0.39, 0.29) is 61.6 Å². The van der Waals surface area contributed by atoms with Crippen molar-refractivity contribution in [1.29, 1.82) is 0 Å². The summed E-state index contributed by atoms with van der Waals surface area (Å²) < 4.78 is 0.102. The minimum Gasteiger partial charge on any atom is -0.410 e. The van der Waals surface area contributed by atoms with E-state index in [2.05, 4.69) is 41.0 Å². The topological polar surface area (TPSA) is 53.2 Å². The van der Waals surface area contributed by atoms with E-state index in [1.165, 1.54) is 0 Å². The number of thiocarbonyl (C=S) groups is 1. The van der Waals surface area contributed by atoms with Gasteiger partial charge in [-0.3, -0.25) is 10.2 Å². The molecule has 0 aliphatic carbocycles. The number of amides is 1. The number of hydrazine groups is 1. The second-order valence-corrected chi connectivity index (χ2v) is 3.74. The van der Waals surface area contributed by atoms with Crippen molar-refractivity contribution in [2.75, 3.05) is 12.4 Å². The van der Waals surface area contributed by atoms with Crippen LogP contribution in [0.5, 0.6) is 0 Å². The number of para-hydroxylation sites is 1. The van der Waals surface area contributed by atoms with Crippen molar-refractivity contribution in [3.05, 3.63) is 29.8 Å². The van der Waals surface area contributed by atoms with Crippen molar-refractivity contribution in [2.24, 2.45) is 0 Å². The molecule has 0 aliphatic heterocycles. The van der Waals surface area contributed by atoms with Crippen LogP contribution in [0.2, 0.25) is 0 Å². The molecule has 16 heavy (non-hydrogen) atoms. The predicted molar refractivity (Wildman–Crippen MR) is 66.6 cm³/mol. The van der Waals surface area contributed by atoms with Crippen LogP contribution < -0.4 is 67.6 Å². The normalized spacial score (nSPS) is 8.56. The van der Waals surface area contributed by atoms with Gasteiger partial charge in [0.05, 0.1) is 5.56 Å². The molecule has 0 radical (unpaired) electrons. The third-order valence-electron chi connectivity index (χ3n) is 1.72. The minimum absolute atomic E-state index is 0. The number of carbonyl (C=O) groups is 1. The standard InChI is InChI=1S/C9H11N3OS2.K/c1-10-7-5-3-2-4-6(7)8(13)11-12-9(14)15;/h2-5,10H,1H3,(H,11,13)(H2,12,14,15);/q;+1/p-1. The van der Waals surface area contributed by atoms with Gasteiger partial charge in [0.2, 0.25) is 0 Å². The van der Waals surface area contributed by atoms with Gasteiger partial charge in [-0.25, -0.2) is 0 Å². The summed E-state index contributed by atoms with van der Waals surface area (Å²) >= 11 is 9.20. The maximum absolute atomic E-state index is 11.6. The molecule has 3 N–H and O–H groups in total. The molecule has 80 valence electrons. The molecule has 0 atom stereocenters. The smallest absolute Gasteiger partial charge is 0.410 e. The van der Waals surface area contributed by atoms with Crippen molar-refractivity contribution in [2.45, 2.75) is 0 Å². The van der Waals surface area contributed by atoms with Gasteiger partial charge in [-0.1, -0.05) is 12.1 Å². The van der Waals surface area contributed by atoms with Gasteiger partial charge >= 0.3 is 51.4 Å². The van der Waals surface area contributed by atoms with Crippen LogP contribution in [0.15, 0.2) is 24.3 Å². The number of nitrogens with one attached hydrogen (secondary N) is 3. The third-order valence-corrected chi connectivity index (χ3v) is 1.92. The largest absolute Gasteiger partial charge is 1.00 e. The quantitative estimate of drug-likeness (QED) is 0.248. The number of anilines is 1. The number of hydrogen-bond acceptors (Lipinski definition) is 4. The summed E-state index contributed by atoms with van der Waals surface area (Å²) in [6.07, 6.45) is 0. The Hall–Kier alpha value is 0.236. The molecular formula is C9H10KN3OS2. The average molecular weight is 279 g/mol. The first-order valence-corrected chi connectivity index (χ1v) is 5.01. The molecule has 0 fully saturated rings. The van der Waals surface area contributed by atoms with Crippen LogP contribution in [0, 0.1) is 0 Å². The van der Waals surface area contributed by atoms with Crippen LogP contribution in [0.1, 0.15) is 10.4 Å². The van der Waals surface area contributed by atoms with Crippen molar-refractivity contribution >= 4 is 40.8 Å². The molecule has 4 nitrogen and oxygen atoms in total. The molecule has 1 aromatic rings. The summed E-state index contributed by atoms with van der Waals surface area (Å²) in [5, 5.41) is 2.92. The molecule has 0 saturated heterocycles. The van der Waals surface area contributed by atoms with Crippen LogP contribution in [0.25, 0.3) is 0 Å². The molecule has 0 bridgehead atoms. The van der Waals surface area contributed by atoms with Crippen LogP contribution in [0.4, 0.5) is 5.69 Å². The predicted octanol–water partition coefficient (Wildman–Crippen LogP) is -2.20. The Morgan fingerprint density at radius 3 is 2.50 bits per heavy atom. The Labute approximate surface area is 148 Å². The van der Waals surface area contributed by atoms with Crippen LogP contribution in [-0.2, 0) is 12.6 Å². The van der Waals surface area contributed by atoms with Crippen LogP contribution in [0.3, 0.4) is 0 Å². The molecule has 1 rings (SSSR count). The van der Waals surface area contributed by atoms with E-state index < -0.39 is 0 Å². The zero-order valence-electron chi connectivity index (χ0n) is 9.03. The Kier molecular flexibility index (Phi) is 8.47. The van der Waals surface area contributed by atoms with Crippen molar-refractivity contribution < 1.29 is 56.2 Å². The van der Waals surface area contributed by atoms with Crippen molar-refractivity contribution in [3.63, 3.8) is 0 Å². The maximum atomic E-state index is 11.6. The second kappa shape index (κ2) is 8.35. The number of rotatable bonds is 2. The van der Waals surface area contributed by atoms with Gasteiger partial charge < -0.3 is 35.6 Å². The van der Waals surface area contributed by atoms with E-state index >= 15 is 0 Å². The summed E-state index contributed by atoms with van der Waals surface area (Å²) in [7, 11) is 1.75. The molecule has 1 amide bonds. The fourth-order valence-corrected chi connectivity index (χ4v) is 1.18. The number of hydrogen-bond donors (Lipinski definition) is 3. The summed E-state index contributed by atoms with van der Waals surface area (Å²) in [4.78, 5) is 11.6. The molecule has 7 heteroatoms. The molecule has 0 aromatic heterocycles. The SMILES string of the molecule is CNc1ccccc1C(=O)NNC(=S)[S-].[K+]. The maximum Gasteiger partial charge on any atom is 1.00 e. The summed E-state index contributed by atoms with van der Waals surface area (Å²) in [6, 6.07) is 7.13. The number of benzene rings is 1. The van der Waals surface area contributed by atoms with Gasteiger partial charge in [0.15, 0.2) is 0 Å². The fourth-order valence-electron chi connectivity index (χ4n) is 1.07. The van der Waals surface area contributed by atoms with E-state index in [9.17, 15) is 4.79 Å². The summed E-state index contributed by atoms with van der Waals surface area (Å²) in [6.45, 7) is 0. The Bertz CT molecular complexity index is 387. The molecule has 0 saturated carbocycles. The first-order chi connectivity index (χ1) is 7.15. The van der Waals surface area contributed by atoms with E-state index in [1.807, 2.05) is 6.07 Å². The van der Waals surface area contributed by atoms with Crippen LogP contribution in [-0.4, -0.2) is 17.3 Å². The monoisotopic (exact) mass is 279 g/mol. The summed E-state index contributed by atoms with van der Waals surface area (Å²) in [5.74, 6) is -0.285. The Morgan fingerprint density at radius 1 is 1.31 bits per heavy atom. The van der Waals surface area contributed by atoms with Crippen molar-refractivity contribution in [3.8, 4) is 0 Å². The Morgan fingerprint density at radius 2 is 1.94 bits per heavy atom. The van der Waals surface area contributed by atoms with Crippen LogP contribution >= 0.6 is 12.2 Å². The van der Waals surface area contributed by atoms with E-state index in [1.54, 1.807) is 25.2 Å². The van der Waals surface area contributed by atoms with Gasteiger partial charge in [-0.15, -0.1) is 0 Å². The van der Waals surface area contributed by atoms with E-state index in [4.69, 9.17) is 0 Å². The summed E-state index contributed by atoms with van der Waals surface area (Å²) in [5.41, 5.74) is 6.08. The molecule has 0 heterocycles. The number of carbonyl (C=O) groups excluding carboxylic acids is 1. The average Bonchev–Trinajstić information content (AvgIpc) is 2.25. The van der Waals surface area contributed by atoms with E-state index in [0.29, 0.717) is 5.56 Å². The zero-order chi connectivity index (χ0) is 11.3. The van der Waals surface area contributed by atoms with Gasteiger partial charge in [0.25, 0.3) is 5.91 Å².